The number of thiophene rings is 1. The van der Waals surface area contributed by atoms with Crippen molar-refractivity contribution in [1.82, 2.24) is 15.0 Å². The molecule has 7 aromatic carbocycles. The van der Waals surface area contributed by atoms with Crippen molar-refractivity contribution in [3.05, 3.63) is 176 Å². The summed E-state index contributed by atoms with van der Waals surface area (Å²) < 4.78 is 96.9. The van der Waals surface area contributed by atoms with E-state index in [4.69, 9.17) is 27.3 Å². The van der Waals surface area contributed by atoms with Gasteiger partial charge in [0.25, 0.3) is 0 Å². The largest absolute Gasteiger partial charge is 0.208 e. The standard InChI is InChI=1S/C45H29N3S/c1-4-12-30(13-5-1)32-20-22-33(23-21-32)34-24-26-36(27-25-34)44-46-43(35-16-8-3-9-17-35)47-45(48-44)40-29-37(31-14-6-2-7-15-31)28-39-38-18-10-11-19-41(38)49-42(39)40/h1-29H/i2D,6D,7D,10D,11D,14D,15D,18D,19D,28D,29D. The Morgan fingerprint density at radius 3 is 1.51 bits per heavy atom. The Morgan fingerprint density at radius 2 is 0.878 bits per heavy atom. The Kier molecular flexibility index (Phi) is 4.96. The first-order chi connectivity index (χ1) is 28.8. The SMILES string of the molecule is [2H]c1c([2H])c([2H])c(-c2c([2H])c(-c3nc(-c4ccccc4)nc(-c4ccc(-c5ccc(-c6ccccc6)cc5)cc4)n3)c3sc4c([2H])c([2H])c([2H])c([2H])c4c3c2[2H])c([2H])c1[2H]. The topological polar surface area (TPSA) is 38.7 Å². The summed E-state index contributed by atoms with van der Waals surface area (Å²) in [6.07, 6.45) is 0. The molecule has 2 heterocycles. The normalized spacial score (nSPS) is 14.4. The summed E-state index contributed by atoms with van der Waals surface area (Å²) in [6.45, 7) is 0. The van der Waals surface area contributed by atoms with E-state index in [1.165, 1.54) is 0 Å². The van der Waals surface area contributed by atoms with Gasteiger partial charge in [-0.05, 0) is 51.5 Å². The minimum atomic E-state index is -0.659. The van der Waals surface area contributed by atoms with Crippen LogP contribution < -0.4 is 0 Å². The number of rotatable bonds is 6. The molecule has 0 amide bonds. The molecule has 0 unspecified atom stereocenters. The predicted octanol–water partition coefficient (Wildman–Crippen LogP) is 12.2. The van der Waals surface area contributed by atoms with Crippen molar-refractivity contribution in [3.63, 3.8) is 0 Å². The number of aromatic nitrogens is 3. The second-order valence-electron chi connectivity index (χ2n) is 11.2. The van der Waals surface area contributed by atoms with E-state index in [2.05, 4.69) is 36.4 Å². The Morgan fingerprint density at radius 1 is 0.388 bits per heavy atom. The maximum Gasteiger partial charge on any atom is 0.165 e. The van der Waals surface area contributed by atoms with E-state index in [0.29, 0.717) is 11.1 Å². The molecule has 49 heavy (non-hydrogen) atoms. The van der Waals surface area contributed by atoms with Gasteiger partial charge in [-0.1, -0.05) is 158 Å². The van der Waals surface area contributed by atoms with E-state index < -0.39 is 66.0 Å². The zero-order valence-electron chi connectivity index (χ0n) is 36.6. The molecule has 9 aromatic rings. The summed E-state index contributed by atoms with van der Waals surface area (Å²) in [5, 5.41) is 0.0199. The first-order valence-electron chi connectivity index (χ1n) is 21.0. The fraction of sp³-hybridized carbons (Fsp3) is 0. The molecule has 0 atom stereocenters. The molecule has 4 heteroatoms. The second-order valence-corrected chi connectivity index (χ2v) is 12.2. The lowest BCUT2D eigenvalue weighted by atomic mass is 9.99. The Bertz CT molecular complexity index is 3170. The van der Waals surface area contributed by atoms with Gasteiger partial charge in [0.1, 0.15) is 0 Å². The highest BCUT2D eigenvalue weighted by Gasteiger charge is 2.18. The van der Waals surface area contributed by atoms with Crippen molar-refractivity contribution in [3.8, 4) is 67.5 Å². The highest BCUT2D eigenvalue weighted by molar-refractivity contribution is 7.26. The third-order valence-electron chi connectivity index (χ3n) is 8.17. The van der Waals surface area contributed by atoms with Crippen LogP contribution >= 0.6 is 11.3 Å². The second kappa shape index (κ2) is 12.4. The van der Waals surface area contributed by atoms with Crippen LogP contribution in [0, 0.1) is 0 Å². The van der Waals surface area contributed by atoms with Crippen LogP contribution in [0.1, 0.15) is 15.1 Å². The molecule has 0 radical (unpaired) electrons. The van der Waals surface area contributed by atoms with Crippen molar-refractivity contribution in [1.29, 1.82) is 0 Å². The van der Waals surface area contributed by atoms with E-state index in [1.54, 1.807) is 0 Å². The van der Waals surface area contributed by atoms with Crippen molar-refractivity contribution in [2.75, 3.05) is 0 Å². The molecule has 0 saturated heterocycles. The third kappa shape index (κ3) is 5.58. The maximum absolute atomic E-state index is 9.72. The van der Waals surface area contributed by atoms with Gasteiger partial charge in [0.15, 0.2) is 17.5 Å². The molecule has 3 nitrogen and oxygen atoms in total. The average molecular weight is 655 g/mol. The summed E-state index contributed by atoms with van der Waals surface area (Å²) in [6, 6.07) is 29.3. The van der Waals surface area contributed by atoms with Crippen LogP contribution in [0.5, 0.6) is 0 Å². The number of hydrogen-bond acceptors (Lipinski definition) is 4. The molecule has 0 aliphatic heterocycles. The number of nitrogens with zero attached hydrogens (tertiary/aromatic N) is 3. The lowest BCUT2D eigenvalue weighted by molar-refractivity contribution is 1.08. The predicted molar refractivity (Wildman–Crippen MR) is 205 cm³/mol. The molecule has 230 valence electrons. The molecule has 2 aromatic heterocycles. The lowest BCUT2D eigenvalue weighted by Crippen LogP contribution is -2.00. The molecular weight excluding hydrogens is 615 g/mol. The average Bonchev–Trinajstić information content (AvgIpc) is 3.69. The zero-order chi connectivity index (χ0) is 42.1. The van der Waals surface area contributed by atoms with Crippen molar-refractivity contribution in [2.24, 2.45) is 0 Å². The summed E-state index contributed by atoms with van der Waals surface area (Å²) in [5.41, 5.74) is 4.68. The first kappa shape index (κ1) is 19.6. The molecule has 0 aliphatic rings. The van der Waals surface area contributed by atoms with Gasteiger partial charge >= 0.3 is 0 Å². The van der Waals surface area contributed by atoms with Gasteiger partial charge in [-0.3, -0.25) is 0 Å². The molecule has 0 bridgehead atoms. The van der Waals surface area contributed by atoms with Crippen LogP contribution in [0.4, 0.5) is 0 Å². The van der Waals surface area contributed by atoms with Crippen LogP contribution in [-0.2, 0) is 0 Å². The highest BCUT2D eigenvalue weighted by atomic mass is 32.1. The van der Waals surface area contributed by atoms with Gasteiger partial charge in [0.05, 0.1) is 15.1 Å². The summed E-state index contributed by atoms with van der Waals surface area (Å²) in [7, 11) is 0. The van der Waals surface area contributed by atoms with Crippen LogP contribution in [0.2, 0.25) is 0 Å². The van der Waals surface area contributed by atoms with Crippen molar-refractivity contribution < 1.29 is 15.1 Å². The minimum Gasteiger partial charge on any atom is -0.208 e. The Labute approximate surface area is 304 Å². The first-order valence-corrected chi connectivity index (χ1v) is 16.3. The van der Waals surface area contributed by atoms with Gasteiger partial charge in [-0.2, -0.15) is 0 Å². The zero-order valence-corrected chi connectivity index (χ0v) is 26.5. The number of fused-ring (bicyclic) bond motifs is 3. The van der Waals surface area contributed by atoms with Crippen LogP contribution in [-0.4, -0.2) is 15.0 Å². The monoisotopic (exact) mass is 654 g/mol. The van der Waals surface area contributed by atoms with Crippen molar-refractivity contribution in [2.45, 2.75) is 0 Å². The van der Waals surface area contributed by atoms with E-state index in [0.717, 1.165) is 33.6 Å². The van der Waals surface area contributed by atoms with Gasteiger partial charge in [-0.25, -0.2) is 15.0 Å². The summed E-state index contributed by atoms with van der Waals surface area (Å²) in [4.78, 5) is 14.6. The highest BCUT2D eigenvalue weighted by Crippen LogP contribution is 2.42. The summed E-state index contributed by atoms with van der Waals surface area (Å²) >= 11 is 0.949. The van der Waals surface area contributed by atoms with Crippen LogP contribution in [0.3, 0.4) is 0 Å². The van der Waals surface area contributed by atoms with E-state index in [-0.39, 0.29) is 54.8 Å². The van der Waals surface area contributed by atoms with Gasteiger partial charge in [-0.15, -0.1) is 11.3 Å². The fourth-order valence-corrected chi connectivity index (χ4v) is 6.80. The molecule has 0 fully saturated rings. The van der Waals surface area contributed by atoms with E-state index in [1.807, 2.05) is 72.8 Å². The van der Waals surface area contributed by atoms with E-state index >= 15 is 0 Å². The van der Waals surface area contributed by atoms with Crippen LogP contribution in [0.15, 0.2) is 176 Å². The lowest BCUT2D eigenvalue weighted by Gasteiger charge is -2.11. The van der Waals surface area contributed by atoms with Crippen LogP contribution in [0.25, 0.3) is 87.7 Å². The number of benzene rings is 7. The molecule has 0 N–H and O–H groups in total. The van der Waals surface area contributed by atoms with Gasteiger partial charge in [0, 0.05) is 36.9 Å². The summed E-state index contributed by atoms with van der Waals surface area (Å²) in [5.74, 6) is 0.445. The molecule has 0 spiro atoms. The molecule has 0 saturated carbocycles. The fourth-order valence-electron chi connectivity index (χ4n) is 5.74. The Balaban J connectivity index is 1.31. The van der Waals surface area contributed by atoms with E-state index in [9.17, 15) is 2.74 Å². The maximum atomic E-state index is 9.72. The molecular formula is C45H29N3S. The van der Waals surface area contributed by atoms with Gasteiger partial charge < -0.3 is 0 Å². The Hall–Kier alpha value is -6.23. The van der Waals surface area contributed by atoms with Gasteiger partial charge in [0.2, 0.25) is 0 Å². The van der Waals surface area contributed by atoms with Crippen molar-refractivity contribution >= 4 is 31.5 Å². The number of hydrogen-bond donors (Lipinski definition) is 0. The molecule has 9 rings (SSSR count). The minimum absolute atomic E-state index is 0.00539. The molecule has 0 aliphatic carbocycles. The quantitative estimate of drug-likeness (QED) is 0.179. The third-order valence-corrected chi connectivity index (χ3v) is 9.29. The smallest absolute Gasteiger partial charge is 0.165 e.